The Kier molecular flexibility index (Phi) is 3.80. The van der Waals surface area contributed by atoms with E-state index in [1.807, 2.05) is 13.8 Å². The molecule has 1 fully saturated rings. The van der Waals surface area contributed by atoms with Crippen LogP contribution in [0, 0.1) is 17.7 Å². The van der Waals surface area contributed by atoms with Crippen LogP contribution in [0.25, 0.3) is 0 Å². The summed E-state index contributed by atoms with van der Waals surface area (Å²) in [6.45, 7) is 3.88. The number of carbonyl (C=O) groups excluding carboxylic acids is 1. The highest BCUT2D eigenvalue weighted by atomic mass is 19.1. The molecule has 6 heteroatoms. The van der Waals surface area contributed by atoms with E-state index in [9.17, 15) is 9.18 Å². The van der Waals surface area contributed by atoms with Crippen LogP contribution in [-0.2, 0) is 4.79 Å². The van der Waals surface area contributed by atoms with Gasteiger partial charge in [0.15, 0.2) is 0 Å². The Morgan fingerprint density at radius 2 is 1.74 bits per heavy atom. The summed E-state index contributed by atoms with van der Waals surface area (Å²) in [7, 11) is 0. The molecule has 0 aliphatic carbocycles. The lowest BCUT2D eigenvalue weighted by Gasteiger charge is -2.19. The van der Waals surface area contributed by atoms with E-state index >= 15 is 0 Å². The fourth-order valence-electron chi connectivity index (χ4n) is 2.20. The van der Waals surface area contributed by atoms with Crippen molar-refractivity contribution in [2.75, 3.05) is 5.01 Å². The monoisotopic (exact) mass is 310 g/mol. The Balaban J connectivity index is 1.76. The van der Waals surface area contributed by atoms with Gasteiger partial charge >= 0.3 is 0 Å². The summed E-state index contributed by atoms with van der Waals surface area (Å²) in [6, 6.07) is 5.92. The molecule has 2 heterocycles. The molecule has 0 bridgehead atoms. The maximum absolute atomic E-state index is 12.8. The van der Waals surface area contributed by atoms with Crippen LogP contribution in [0.4, 0.5) is 10.3 Å². The quantitative estimate of drug-likeness (QED) is 0.819. The third-order valence-electron chi connectivity index (χ3n) is 3.29. The fourth-order valence-corrected chi connectivity index (χ4v) is 2.20. The average Bonchev–Trinajstić information content (AvgIpc) is 2.80. The second-order valence-corrected chi connectivity index (χ2v) is 5.93. The third-order valence-corrected chi connectivity index (χ3v) is 3.29. The lowest BCUT2D eigenvalue weighted by atomic mass is 10.0. The SMILES string of the molecule is CC1(C)CC(=O)N(c2ncc(C#Cc3ccc(F)cc3)cn2)N1. The zero-order valence-electron chi connectivity index (χ0n) is 12.8. The first-order chi connectivity index (χ1) is 10.9. The highest BCUT2D eigenvalue weighted by Crippen LogP contribution is 2.21. The lowest BCUT2D eigenvalue weighted by Crippen LogP contribution is -2.43. The molecule has 0 unspecified atom stereocenters. The number of nitrogens with zero attached hydrogens (tertiary/aromatic N) is 3. The summed E-state index contributed by atoms with van der Waals surface area (Å²) in [6.07, 6.45) is 3.50. The van der Waals surface area contributed by atoms with Crippen LogP contribution in [-0.4, -0.2) is 21.4 Å². The van der Waals surface area contributed by atoms with Crippen LogP contribution >= 0.6 is 0 Å². The van der Waals surface area contributed by atoms with E-state index in [0.29, 0.717) is 23.5 Å². The van der Waals surface area contributed by atoms with Crippen molar-refractivity contribution < 1.29 is 9.18 Å². The van der Waals surface area contributed by atoms with Gasteiger partial charge in [-0.3, -0.25) is 4.79 Å². The normalized spacial score (nSPS) is 16.1. The molecule has 1 saturated heterocycles. The summed E-state index contributed by atoms with van der Waals surface area (Å²) in [4.78, 5) is 20.3. The second kappa shape index (κ2) is 5.78. The van der Waals surface area contributed by atoms with Gasteiger partial charge in [0, 0.05) is 29.9 Å². The minimum atomic E-state index is -0.304. The largest absolute Gasteiger partial charge is 0.273 e. The van der Waals surface area contributed by atoms with Crippen LogP contribution in [0.3, 0.4) is 0 Å². The highest BCUT2D eigenvalue weighted by molar-refractivity contribution is 5.93. The molecule has 1 aliphatic heterocycles. The Hall–Kier alpha value is -2.78. The number of hydrogen-bond donors (Lipinski definition) is 1. The lowest BCUT2D eigenvalue weighted by molar-refractivity contribution is -0.117. The number of aromatic nitrogens is 2. The molecule has 1 aromatic heterocycles. The molecule has 0 atom stereocenters. The number of carbonyl (C=O) groups is 1. The summed E-state index contributed by atoms with van der Waals surface area (Å²) >= 11 is 0. The Labute approximate surface area is 133 Å². The van der Waals surface area contributed by atoms with Crippen LogP contribution in [0.15, 0.2) is 36.7 Å². The number of nitrogens with one attached hydrogen (secondary N) is 1. The number of hydrazine groups is 1. The van der Waals surface area contributed by atoms with Gasteiger partial charge in [0.05, 0.1) is 5.56 Å². The second-order valence-electron chi connectivity index (χ2n) is 5.93. The summed E-state index contributed by atoms with van der Waals surface area (Å²) in [5.41, 5.74) is 4.08. The molecule has 116 valence electrons. The molecule has 1 N–H and O–H groups in total. The summed E-state index contributed by atoms with van der Waals surface area (Å²) in [5.74, 6) is 5.74. The standard InChI is InChI=1S/C17H15FN4O/c1-17(2)9-15(23)22(21-17)16-19-10-13(11-20-16)4-3-12-5-7-14(18)8-6-12/h5-8,10-11,21H,9H2,1-2H3. The number of amides is 1. The predicted octanol–water partition coefficient (Wildman–Crippen LogP) is 2.04. The van der Waals surface area contributed by atoms with Crippen LogP contribution < -0.4 is 10.4 Å². The van der Waals surface area contributed by atoms with Crippen molar-refractivity contribution in [3.05, 3.63) is 53.6 Å². The number of rotatable bonds is 1. The van der Waals surface area contributed by atoms with Crippen molar-refractivity contribution in [3.63, 3.8) is 0 Å². The minimum absolute atomic E-state index is 0.0693. The maximum atomic E-state index is 12.8. The smallest absolute Gasteiger partial charge is 0.247 e. The number of anilines is 1. The number of halogens is 1. The van der Waals surface area contributed by atoms with Gasteiger partial charge in [0.25, 0.3) is 0 Å². The van der Waals surface area contributed by atoms with Gasteiger partial charge in [0.2, 0.25) is 11.9 Å². The first-order valence-corrected chi connectivity index (χ1v) is 7.13. The first-order valence-electron chi connectivity index (χ1n) is 7.13. The molecule has 5 nitrogen and oxygen atoms in total. The number of hydrogen-bond acceptors (Lipinski definition) is 4. The molecule has 1 aliphatic rings. The van der Waals surface area contributed by atoms with Crippen molar-refractivity contribution in [3.8, 4) is 11.8 Å². The average molecular weight is 310 g/mol. The Morgan fingerprint density at radius 3 is 2.30 bits per heavy atom. The van der Waals surface area contributed by atoms with Crippen LogP contribution in [0.1, 0.15) is 31.4 Å². The fraction of sp³-hybridized carbons (Fsp3) is 0.235. The van der Waals surface area contributed by atoms with E-state index in [2.05, 4.69) is 27.2 Å². The molecule has 3 rings (SSSR count). The van der Waals surface area contributed by atoms with Gasteiger partial charge in [0.1, 0.15) is 5.82 Å². The van der Waals surface area contributed by atoms with Gasteiger partial charge in [-0.1, -0.05) is 11.8 Å². The van der Waals surface area contributed by atoms with E-state index in [1.165, 1.54) is 17.1 Å². The Bertz CT molecular complexity index is 788. The molecular formula is C17H15FN4O. The molecule has 1 amide bonds. The zero-order valence-corrected chi connectivity index (χ0v) is 12.8. The van der Waals surface area contributed by atoms with Crippen molar-refractivity contribution in [2.24, 2.45) is 0 Å². The number of benzene rings is 1. The van der Waals surface area contributed by atoms with Gasteiger partial charge in [-0.2, -0.15) is 0 Å². The summed E-state index contributed by atoms with van der Waals surface area (Å²) in [5, 5.41) is 1.36. The van der Waals surface area contributed by atoms with Crippen molar-refractivity contribution in [1.82, 2.24) is 15.4 Å². The van der Waals surface area contributed by atoms with Crippen molar-refractivity contribution in [1.29, 1.82) is 0 Å². The molecule has 0 spiro atoms. The van der Waals surface area contributed by atoms with Gasteiger partial charge in [-0.05, 0) is 38.1 Å². The molecule has 2 aromatic rings. The van der Waals surface area contributed by atoms with Crippen LogP contribution in [0.5, 0.6) is 0 Å². The van der Waals surface area contributed by atoms with E-state index in [1.54, 1.807) is 24.5 Å². The predicted molar refractivity (Wildman–Crippen MR) is 83.7 cm³/mol. The van der Waals surface area contributed by atoms with E-state index < -0.39 is 0 Å². The van der Waals surface area contributed by atoms with E-state index in [-0.39, 0.29) is 17.3 Å². The topological polar surface area (TPSA) is 58.1 Å². The third kappa shape index (κ3) is 3.52. The van der Waals surface area contributed by atoms with Crippen LogP contribution in [0.2, 0.25) is 0 Å². The maximum Gasteiger partial charge on any atom is 0.247 e. The zero-order chi connectivity index (χ0) is 16.4. The Morgan fingerprint density at radius 1 is 1.13 bits per heavy atom. The molecule has 1 aromatic carbocycles. The van der Waals surface area contributed by atoms with E-state index in [4.69, 9.17) is 0 Å². The first kappa shape index (κ1) is 15.1. The highest BCUT2D eigenvalue weighted by Gasteiger charge is 2.37. The van der Waals surface area contributed by atoms with Crippen molar-refractivity contribution in [2.45, 2.75) is 25.8 Å². The summed E-state index contributed by atoms with van der Waals surface area (Å²) < 4.78 is 12.8. The molecule has 23 heavy (non-hydrogen) atoms. The van der Waals surface area contributed by atoms with Gasteiger partial charge in [-0.25, -0.2) is 24.8 Å². The van der Waals surface area contributed by atoms with E-state index in [0.717, 1.165) is 0 Å². The van der Waals surface area contributed by atoms with Crippen molar-refractivity contribution >= 4 is 11.9 Å². The van der Waals surface area contributed by atoms with Gasteiger partial charge < -0.3 is 0 Å². The minimum Gasteiger partial charge on any atom is -0.273 e. The molecule has 0 radical (unpaired) electrons. The molecule has 0 saturated carbocycles. The van der Waals surface area contributed by atoms with Gasteiger partial charge in [-0.15, -0.1) is 0 Å². The molecular weight excluding hydrogens is 295 g/mol.